The zero-order chi connectivity index (χ0) is 15.9. The zero-order valence-electron chi connectivity index (χ0n) is 13.1. The predicted octanol–water partition coefficient (Wildman–Crippen LogP) is 1.32. The number of ether oxygens (including phenoxy) is 1. The molecule has 1 saturated heterocycles. The lowest BCUT2D eigenvalue weighted by atomic mass is 10.3. The van der Waals surface area contributed by atoms with Gasteiger partial charge < -0.3 is 14.6 Å². The zero-order valence-corrected chi connectivity index (χ0v) is 13.1. The lowest BCUT2D eigenvalue weighted by molar-refractivity contribution is 0.0374. The van der Waals surface area contributed by atoms with Crippen molar-refractivity contribution in [1.29, 1.82) is 0 Å². The summed E-state index contributed by atoms with van der Waals surface area (Å²) in [6, 6.07) is 9.83. The van der Waals surface area contributed by atoms with Crippen LogP contribution in [0.1, 0.15) is 16.9 Å². The Morgan fingerprint density at radius 1 is 1.22 bits per heavy atom. The van der Waals surface area contributed by atoms with Crippen LogP contribution in [0.25, 0.3) is 5.69 Å². The van der Waals surface area contributed by atoms with Crippen LogP contribution in [0.5, 0.6) is 0 Å². The second-order valence-electron chi connectivity index (χ2n) is 5.57. The number of hydrogen-bond acceptors (Lipinski definition) is 4. The summed E-state index contributed by atoms with van der Waals surface area (Å²) >= 11 is 0. The minimum absolute atomic E-state index is 0.123. The van der Waals surface area contributed by atoms with Crippen molar-refractivity contribution >= 4 is 5.91 Å². The number of aromatic nitrogens is 2. The highest BCUT2D eigenvalue weighted by Crippen LogP contribution is 2.07. The molecular weight excluding hydrogens is 292 g/mol. The molecule has 1 fully saturated rings. The molecule has 122 valence electrons. The van der Waals surface area contributed by atoms with Crippen molar-refractivity contribution in [2.24, 2.45) is 0 Å². The highest BCUT2D eigenvalue weighted by Gasteiger charge is 2.11. The standard InChI is InChI=1S/C17H22N4O2/c22-17(18-7-4-8-20-9-11-23-12-10-20)16-13-21(14-19-16)15-5-2-1-3-6-15/h1-3,5-6,13-14H,4,7-12H2,(H,18,22). The van der Waals surface area contributed by atoms with E-state index in [0.717, 1.165) is 45.0 Å². The SMILES string of the molecule is O=C(NCCCN1CCOCC1)c1cn(-c2ccccc2)cn1. The number of imidazole rings is 1. The first-order valence-electron chi connectivity index (χ1n) is 8.00. The van der Waals surface area contributed by atoms with Crippen LogP contribution in [0.4, 0.5) is 0 Å². The number of hydrogen-bond donors (Lipinski definition) is 1. The highest BCUT2D eigenvalue weighted by molar-refractivity contribution is 5.92. The second kappa shape index (κ2) is 7.89. The average Bonchev–Trinajstić information content (AvgIpc) is 3.10. The van der Waals surface area contributed by atoms with E-state index in [-0.39, 0.29) is 5.91 Å². The first-order valence-corrected chi connectivity index (χ1v) is 8.00. The Balaban J connectivity index is 1.44. The first kappa shape index (κ1) is 15.7. The Morgan fingerprint density at radius 2 is 2.00 bits per heavy atom. The third-order valence-corrected chi connectivity index (χ3v) is 3.91. The van der Waals surface area contributed by atoms with Gasteiger partial charge >= 0.3 is 0 Å². The minimum atomic E-state index is -0.123. The molecule has 0 atom stereocenters. The fourth-order valence-electron chi connectivity index (χ4n) is 2.60. The van der Waals surface area contributed by atoms with Gasteiger partial charge in [-0.2, -0.15) is 0 Å². The maximum Gasteiger partial charge on any atom is 0.271 e. The predicted molar refractivity (Wildman–Crippen MR) is 87.8 cm³/mol. The van der Waals surface area contributed by atoms with Crippen LogP contribution < -0.4 is 5.32 Å². The van der Waals surface area contributed by atoms with E-state index >= 15 is 0 Å². The average molecular weight is 314 g/mol. The Morgan fingerprint density at radius 3 is 2.78 bits per heavy atom. The number of nitrogens with one attached hydrogen (secondary N) is 1. The molecule has 6 nitrogen and oxygen atoms in total. The molecule has 1 aromatic heterocycles. The molecule has 0 spiro atoms. The lowest BCUT2D eigenvalue weighted by Crippen LogP contribution is -2.38. The number of benzene rings is 1. The van der Waals surface area contributed by atoms with Crippen LogP contribution in [0, 0.1) is 0 Å². The monoisotopic (exact) mass is 314 g/mol. The molecule has 0 unspecified atom stereocenters. The maximum absolute atomic E-state index is 12.1. The molecule has 1 amide bonds. The van der Waals surface area contributed by atoms with E-state index < -0.39 is 0 Å². The van der Waals surface area contributed by atoms with Crippen molar-refractivity contribution in [3.05, 3.63) is 48.5 Å². The van der Waals surface area contributed by atoms with Gasteiger partial charge in [0.2, 0.25) is 0 Å². The van der Waals surface area contributed by atoms with Crippen LogP contribution in [-0.4, -0.2) is 59.8 Å². The third-order valence-electron chi connectivity index (χ3n) is 3.91. The molecule has 1 aliphatic rings. The van der Waals surface area contributed by atoms with Gasteiger partial charge in [0.05, 0.1) is 13.2 Å². The van der Waals surface area contributed by atoms with Gasteiger partial charge in [-0.15, -0.1) is 0 Å². The van der Waals surface area contributed by atoms with Crippen molar-refractivity contribution in [3.8, 4) is 5.69 Å². The fourth-order valence-corrected chi connectivity index (χ4v) is 2.60. The smallest absolute Gasteiger partial charge is 0.271 e. The summed E-state index contributed by atoms with van der Waals surface area (Å²) in [6.07, 6.45) is 4.36. The fraction of sp³-hybridized carbons (Fsp3) is 0.412. The van der Waals surface area contributed by atoms with Gasteiger partial charge in [-0.3, -0.25) is 9.69 Å². The number of morpholine rings is 1. The Labute approximate surface area is 136 Å². The molecule has 23 heavy (non-hydrogen) atoms. The van der Waals surface area contributed by atoms with Crippen molar-refractivity contribution in [3.63, 3.8) is 0 Å². The van der Waals surface area contributed by atoms with Crippen molar-refractivity contribution in [2.75, 3.05) is 39.4 Å². The Kier molecular flexibility index (Phi) is 5.39. The number of para-hydroxylation sites is 1. The lowest BCUT2D eigenvalue weighted by Gasteiger charge is -2.26. The number of amides is 1. The molecule has 0 bridgehead atoms. The van der Waals surface area contributed by atoms with E-state index in [2.05, 4.69) is 15.2 Å². The molecule has 1 aromatic carbocycles. The van der Waals surface area contributed by atoms with E-state index in [4.69, 9.17) is 4.74 Å². The summed E-state index contributed by atoms with van der Waals surface area (Å²) in [7, 11) is 0. The van der Waals surface area contributed by atoms with Crippen LogP contribution in [-0.2, 0) is 4.74 Å². The van der Waals surface area contributed by atoms with Gasteiger partial charge in [0.15, 0.2) is 0 Å². The van der Waals surface area contributed by atoms with Gasteiger partial charge in [-0.05, 0) is 25.1 Å². The van der Waals surface area contributed by atoms with Crippen molar-refractivity contribution in [1.82, 2.24) is 19.8 Å². The minimum Gasteiger partial charge on any atom is -0.379 e. The molecule has 2 heterocycles. The topological polar surface area (TPSA) is 59.4 Å². The summed E-state index contributed by atoms with van der Waals surface area (Å²) in [4.78, 5) is 18.7. The van der Waals surface area contributed by atoms with E-state index in [9.17, 15) is 4.79 Å². The summed E-state index contributed by atoms with van der Waals surface area (Å²) in [5.74, 6) is -0.123. The Bertz CT molecular complexity index is 621. The summed E-state index contributed by atoms with van der Waals surface area (Å²) in [5.41, 5.74) is 1.44. The molecule has 0 saturated carbocycles. The second-order valence-corrected chi connectivity index (χ2v) is 5.57. The van der Waals surface area contributed by atoms with E-state index in [1.807, 2.05) is 34.9 Å². The Hall–Kier alpha value is -2.18. The van der Waals surface area contributed by atoms with Gasteiger partial charge in [-0.1, -0.05) is 18.2 Å². The molecule has 0 aliphatic carbocycles. The number of rotatable bonds is 6. The quantitative estimate of drug-likeness (QED) is 0.817. The first-order chi connectivity index (χ1) is 11.3. The van der Waals surface area contributed by atoms with E-state index in [1.54, 1.807) is 12.5 Å². The van der Waals surface area contributed by atoms with Crippen LogP contribution >= 0.6 is 0 Å². The normalized spacial score (nSPS) is 15.5. The number of carbonyl (C=O) groups excluding carboxylic acids is 1. The van der Waals surface area contributed by atoms with Crippen molar-refractivity contribution in [2.45, 2.75) is 6.42 Å². The molecule has 2 aromatic rings. The van der Waals surface area contributed by atoms with Crippen LogP contribution in [0.3, 0.4) is 0 Å². The maximum atomic E-state index is 12.1. The molecule has 0 radical (unpaired) electrons. The van der Waals surface area contributed by atoms with Crippen LogP contribution in [0.15, 0.2) is 42.9 Å². The van der Waals surface area contributed by atoms with Gasteiger partial charge in [0.25, 0.3) is 5.91 Å². The largest absolute Gasteiger partial charge is 0.379 e. The molecular formula is C17H22N4O2. The van der Waals surface area contributed by atoms with E-state index in [1.165, 1.54) is 0 Å². The van der Waals surface area contributed by atoms with Gasteiger partial charge in [0, 0.05) is 31.5 Å². The molecule has 3 rings (SSSR count). The summed E-state index contributed by atoms with van der Waals surface area (Å²) in [6.45, 7) is 5.23. The number of carbonyl (C=O) groups is 1. The highest BCUT2D eigenvalue weighted by atomic mass is 16.5. The van der Waals surface area contributed by atoms with Gasteiger partial charge in [0.1, 0.15) is 12.0 Å². The molecule has 1 aliphatic heterocycles. The molecule has 1 N–H and O–H groups in total. The van der Waals surface area contributed by atoms with Crippen LogP contribution in [0.2, 0.25) is 0 Å². The third kappa shape index (κ3) is 4.40. The molecule has 6 heteroatoms. The summed E-state index contributed by atoms with van der Waals surface area (Å²) in [5, 5.41) is 2.93. The van der Waals surface area contributed by atoms with E-state index in [0.29, 0.717) is 12.2 Å². The van der Waals surface area contributed by atoms with Gasteiger partial charge in [-0.25, -0.2) is 4.98 Å². The number of nitrogens with zero attached hydrogens (tertiary/aromatic N) is 3. The summed E-state index contributed by atoms with van der Waals surface area (Å²) < 4.78 is 7.17. The van der Waals surface area contributed by atoms with Crippen molar-refractivity contribution < 1.29 is 9.53 Å².